The van der Waals surface area contributed by atoms with E-state index in [1.165, 1.54) is 0 Å². The Morgan fingerprint density at radius 1 is 1.11 bits per heavy atom. The quantitative estimate of drug-likeness (QED) is 0.756. The summed E-state index contributed by atoms with van der Waals surface area (Å²) in [5, 5.41) is 17.6. The third-order valence-corrected chi connectivity index (χ3v) is 5.14. The molecule has 7 heteroatoms. The molecule has 1 aliphatic heterocycles. The predicted molar refractivity (Wildman–Crippen MR) is 102 cm³/mol. The number of amides is 1. The molecule has 0 radical (unpaired) electrons. The van der Waals surface area contributed by atoms with Crippen molar-refractivity contribution in [3.63, 3.8) is 0 Å². The molecule has 4 rings (SSSR count). The summed E-state index contributed by atoms with van der Waals surface area (Å²) in [6, 6.07) is 16.6. The molecule has 2 aromatic carbocycles. The maximum Gasteiger partial charge on any atom is 0.305 e. The van der Waals surface area contributed by atoms with Crippen LogP contribution >= 0.6 is 0 Å². The Balaban J connectivity index is 1.69. The molecule has 1 aromatic heterocycles. The summed E-state index contributed by atoms with van der Waals surface area (Å²) in [7, 11) is 0. The number of nitrogens with zero attached hydrogens (tertiary/aromatic N) is 4. The highest BCUT2D eigenvalue weighted by molar-refractivity contribution is 5.94. The molecular weight excluding hydrogens is 356 g/mol. The van der Waals surface area contributed by atoms with Gasteiger partial charge in [-0.05, 0) is 36.6 Å². The molecule has 1 N–H and O–H groups in total. The van der Waals surface area contributed by atoms with Gasteiger partial charge in [-0.1, -0.05) is 47.7 Å². The standard InChI is InChI=1S/C21H20N4O3/c1-14-20(22-23-25(14)16-8-3-2-4-9-16)21(28)24-12-11-15-7-5-6-10-17(15)18(24)13-19(26)27/h2-10,18H,11-13H2,1H3,(H,26,27)/t18-/m1/s1. The molecule has 0 spiro atoms. The second-order valence-corrected chi connectivity index (χ2v) is 6.83. The third kappa shape index (κ3) is 3.15. The fraction of sp³-hybridized carbons (Fsp3) is 0.238. The molecule has 1 amide bonds. The molecule has 1 aliphatic rings. The first-order valence-corrected chi connectivity index (χ1v) is 9.14. The highest BCUT2D eigenvalue weighted by Crippen LogP contribution is 2.33. The van der Waals surface area contributed by atoms with Crippen LogP contribution in [0.2, 0.25) is 0 Å². The summed E-state index contributed by atoms with van der Waals surface area (Å²) in [6.45, 7) is 2.25. The number of benzene rings is 2. The molecule has 0 fully saturated rings. The molecule has 28 heavy (non-hydrogen) atoms. The molecular formula is C21H20N4O3. The number of fused-ring (bicyclic) bond motifs is 1. The maximum atomic E-state index is 13.3. The number of hydrogen-bond donors (Lipinski definition) is 1. The first kappa shape index (κ1) is 17.9. The molecule has 3 aromatic rings. The number of carbonyl (C=O) groups excluding carboxylic acids is 1. The van der Waals surface area contributed by atoms with Crippen molar-refractivity contribution in [2.75, 3.05) is 6.54 Å². The number of aliphatic carboxylic acids is 1. The van der Waals surface area contributed by atoms with Crippen molar-refractivity contribution in [1.29, 1.82) is 0 Å². The van der Waals surface area contributed by atoms with Crippen molar-refractivity contribution in [3.05, 3.63) is 77.1 Å². The SMILES string of the molecule is Cc1c(C(=O)N2CCc3ccccc3[C@H]2CC(=O)O)nnn1-c1ccccc1. The van der Waals surface area contributed by atoms with E-state index in [-0.39, 0.29) is 18.0 Å². The monoisotopic (exact) mass is 376 g/mol. The van der Waals surface area contributed by atoms with E-state index in [9.17, 15) is 14.7 Å². The summed E-state index contributed by atoms with van der Waals surface area (Å²) < 4.78 is 1.62. The predicted octanol–water partition coefficient (Wildman–Crippen LogP) is 2.79. The lowest BCUT2D eigenvalue weighted by molar-refractivity contribution is -0.138. The van der Waals surface area contributed by atoms with Gasteiger partial charge in [0.15, 0.2) is 5.69 Å². The van der Waals surface area contributed by atoms with E-state index in [1.54, 1.807) is 16.5 Å². The molecule has 0 saturated heterocycles. The zero-order chi connectivity index (χ0) is 19.7. The summed E-state index contributed by atoms with van der Waals surface area (Å²) >= 11 is 0. The minimum atomic E-state index is -0.941. The normalized spacial score (nSPS) is 15.9. The van der Waals surface area contributed by atoms with E-state index >= 15 is 0 Å². The van der Waals surface area contributed by atoms with Crippen molar-refractivity contribution in [2.45, 2.75) is 25.8 Å². The van der Waals surface area contributed by atoms with Gasteiger partial charge in [0.1, 0.15) is 0 Å². The second kappa shape index (κ2) is 7.26. The van der Waals surface area contributed by atoms with Gasteiger partial charge in [-0.15, -0.1) is 5.10 Å². The van der Waals surface area contributed by atoms with Crippen LogP contribution in [0.4, 0.5) is 0 Å². The summed E-state index contributed by atoms with van der Waals surface area (Å²) in [5.74, 6) is -1.23. The number of rotatable bonds is 4. The molecule has 0 unspecified atom stereocenters. The van der Waals surface area contributed by atoms with Crippen LogP contribution in [0.15, 0.2) is 54.6 Å². The summed E-state index contributed by atoms with van der Waals surface area (Å²) in [6.07, 6.45) is 0.540. The minimum absolute atomic E-state index is 0.144. The number of carboxylic acids is 1. The molecule has 0 saturated carbocycles. The highest BCUT2D eigenvalue weighted by atomic mass is 16.4. The number of aromatic nitrogens is 3. The molecule has 7 nitrogen and oxygen atoms in total. The van der Waals surface area contributed by atoms with E-state index in [2.05, 4.69) is 10.3 Å². The van der Waals surface area contributed by atoms with E-state index in [4.69, 9.17) is 0 Å². The van der Waals surface area contributed by atoms with Crippen LogP contribution in [0.25, 0.3) is 5.69 Å². The van der Waals surface area contributed by atoms with Crippen LogP contribution in [0, 0.1) is 6.92 Å². The van der Waals surface area contributed by atoms with Crippen molar-refractivity contribution in [2.24, 2.45) is 0 Å². The van der Waals surface area contributed by atoms with Crippen LogP contribution in [0.5, 0.6) is 0 Å². The largest absolute Gasteiger partial charge is 0.481 e. The average molecular weight is 376 g/mol. The van der Waals surface area contributed by atoms with Crippen molar-refractivity contribution >= 4 is 11.9 Å². The van der Waals surface area contributed by atoms with Gasteiger partial charge < -0.3 is 10.0 Å². The van der Waals surface area contributed by atoms with Crippen LogP contribution in [-0.4, -0.2) is 43.4 Å². The minimum Gasteiger partial charge on any atom is -0.481 e. The van der Waals surface area contributed by atoms with Crippen LogP contribution in [-0.2, 0) is 11.2 Å². The lowest BCUT2D eigenvalue weighted by Gasteiger charge is -2.36. The fourth-order valence-electron chi connectivity index (χ4n) is 3.76. The number of carbonyl (C=O) groups is 2. The first-order chi connectivity index (χ1) is 13.6. The smallest absolute Gasteiger partial charge is 0.305 e. The Hall–Kier alpha value is -3.48. The number of carboxylic acid groups (broad SMARTS) is 1. The van der Waals surface area contributed by atoms with E-state index in [0.717, 1.165) is 16.8 Å². The van der Waals surface area contributed by atoms with Crippen molar-refractivity contribution in [3.8, 4) is 5.69 Å². The molecule has 0 bridgehead atoms. The van der Waals surface area contributed by atoms with Gasteiger partial charge in [0.2, 0.25) is 0 Å². The van der Waals surface area contributed by atoms with Gasteiger partial charge in [0.25, 0.3) is 5.91 Å². The highest BCUT2D eigenvalue weighted by Gasteiger charge is 2.34. The zero-order valence-corrected chi connectivity index (χ0v) is 15.4. The Labute approximate surface area is 162 Å². The van der Waals surface area contributed by atoms with Gasteiger partial charge in [0, 0.05) is 6.54 Å². The van der Waals surface area contributed by atoms with Gasteiger partial charge in [-0.25, -0.2) is 4.68 Å². The Morgan fingerprint density at radius 2 is 1.82 bits per heavy atom. The lowest BCUT2D eigenvalue weighted by atomic mass is 9.90. The van der Waals surface area contributed by atoms with Crippen LogP contribution in [0.1, 0.15) is 39.8 Å². The molecule has 2 heterocycles. The fourth-order valence-corrected chi connectivity index (χ4v) is 3.76. The molecule has 0 aliphatic carbocycles. The van der Waals surface area contributed by atoms with E-state index in [0.29, 0.717) is 18.7 Å². The Bertz CT molecular complexity index is 1030. The third-order valence-electron chi connectivity index (χ3n) is 5.14. The van der Waals surface area contributed by atoms with Gasteiger partial charge in [-0.2, -0.15) is 0 Å². The van der Waals surface area contributed by atoms with Crippen molar-refractivity contribution in [1.82, 2.24) is 19.9 Å². The van der Waals surface area contributed by atoms with E-state index in [1.807, 2.05) is 54.6 Å². The van der Waals surface area contributed by atoms with Gasteiger partial charge in [0.05, 0.1) is 23.8 Å². The first-order valence-electron chi connectivity index (χ1n) is 9.14. The number of hydrogen-bond acceptors (Lipinski definition) is 4. The Morgan fingerprint density at radius 3 is 2.57 bits per heavy atom. The average Bonchev–Trinajstić information content (AvgIpc) is 3.09. The lowest BCUT2D eigenvalue weighted by Crippen LogP contribution is -2.41. The Kier molecular flexibility index (Phi) is 4.65. The summed E-state index contributed by atoms with van der Waals surface area (Å²) in [4.78, 5) is 26.4. The maximum absolute atomic E-state index is 13.3. The van der Waals surface area contributed by atoms with Gasteiger partial charge in [-0.3, -0.25) is 9.59 Å². The summed E-state index contributed by atoms with van der Waals surface area (Å²) in [5.41, 5.74) is 3.67. The topological polar surface area (TPSA) is 88.3 Å². The van der Waals surface area contributed by atoms with Gasteiger partial charge >= 0.3 is 5.97 Å². The molecule has 142 valence electrons. The zero-order valence-electron chi connectivity index (χ0n) is 15.4. The second-order valence-electron chi connectivity index (χ2n) is 6.83. The molecule has 1 atom stereocenters. The van der Waals surface area contributed by atoms with Crippen LogP contribution < -0.4 is 0 Å². The van der Waals surface area contributed by atoms with Crippen LogP contribution in [0.3, 0.4) is 0 Å². The van der Waals surface area contributed by atoms with E-state index < -0.39 is 12.0 Å². The van der Waals surface area contributed by atoms with Crippen molar-refractivity contribution < 1.29 is 14.7 Å². The number of para-hydroxylation sites is 1.